The lowest BCUT2D eigenvalue weighted by molar-refractivity contribution is -0.154. The van der Waals surface area contributed by atoms with E-state index in [-0.39, 0.29) is 19.1 Å². The summed E-state index contributed by atoms with van der Waals surface area (Å²) in [4.78, 5) is 26.9. The molecule has 2 aromatic rings. The predicted octanol–water partition coefficient (Wildman–Crippen LogP) is 2.91. The summed E-state index contributed by atoms with van der Waals surface area (Å²) < 4.78 is 10.3. The van der Waals surface area contributed by atoms with Crippen molar-refractivity contribution in [2.45, 2.75) is 13.0 Å². The molecule has 1 aromatic carbocycles. The number of rotatable bonds is 5. The molecule has 0 saturated heterocycles. The zero-order chi connectivity index (χ0) is 16.9. The fourth-order valence-electron chi connectivity index (χ4n) is 2.44. The highest BCUT2D eigenvalue weighted by Gasteiger charge is 2.22. The van der Waals surface area contributed by atoms with Crippen molar-refractivity contribution >= 4 is 34.8 Å². The first-order chi connectivity index (χ1) is 11.6. The Morgan fingerprint density at radius 3 is 2.96 bits per heavy atom. The van der Waals surface area contributed by atoms with Gasteiger partial charge in [-0.1, -0.05) is 17.7 Å². The number of thiophene rings is 1. The lowest BCUT2D eigenvalue weighted by atomic mass is 10.1. The van der Waals surface area contributed by atoms with Crippen LogP contribution in [-0.4, -0.2) is 36.5 Å². The van der Waals surface area contributed by atoms with Crippen LogP contribution in [0.5, 0.6) is 5.75 Å². The highest BCUT2D eigenvalue weighted by atomic mass is 35.5. The summed E-state index contributed by atoms with van der Waals surface area (Å²) in [5.41, 5.74) is 1.18. The summed E-state index contributed by atoms with van der Waals surface area (Å²) in [6.45, 7) is 0.705. The summed E-state index contributed by atoms with van der Waals surface area (Å²) in [5, 5.41) is 2.56. The van der Waals surface area contributed by atoms with Crippen LogP contribution in [0, 0.1) is 0 Å². The highest BCUT2D eigenvalue weighted by Crippen LogP contribution is 2.24. The topological polar surface area (TPSA) is 55.8 Å². The molecular weight excluding hydrogens is 350 g/mol. The first-order valence-corrected chi connectivity index (χ1v) is 8.74. The third kappa shape index (κ3) is 4.27. The van der Waals surface area contributed by atoms with Gasteiger partial charge in [-0.3, -0.25) is 4.79 Å². The Bertz CT molecular complexity index is 746. The number of ether oxygens (including phenoxy) is 2. The number of hydrogen-bond acceptors (Lipinski definition) is 5. The Morgan fingerprint density at radius 2 is 2.12 bits per heavy atom. The molecule has 2 heterocycles. The molecule has 1 amide bonds. The number of fused-ring (bicyclic) bond motifs is 1. The van der Waals surface area contributed by atoms with Crippen molar-refractivity contribution in [3.63, 3.8) is 0 Å². The molecule has 3 rings (SSSR count). The van der Waals surface area contributed by atoms with Gasteiger partial charge in [0.2, 0.25) is 0 Å². The van der Waals surface area contributed by atoms with Crippen molar-refractivity contribution in [3.8, 4) is 5.75 Å². The number of esters is 1. The summed E-state index contributed by atoms with van der Waals surface area (Å²) in [6.07, 6.45) is 0.852. The summed E-state index contributed by atoms with van der Waals surface area (Å²) in [6, 6.07) is 8.76. The zero-order valence-corrected chi connectivity index (χ0v) is 14.4. The maximum atomic E-state index is 12.1. The molecule has 7 heteroatoms. The first kappa shape index (κ1) is 16.8. The Kier molecular flexibility index (Phi) is 5.37. The molecule has 0 radical (unpaired) electrons. The van der Waals surface area contributed by atoms with Gasteiger partial charge in [-0.2, -0.15) is 0 Å². The predicted molar refractivity (Wildman–Crippen MR) is 91.3 cm³/mol. The molecule has 0 atom stereocenters. The van der Waals surface area contributed by atoms with Crippen LogP contribution in [-0.2, 0) is 27.3 Å². The van der Waals surface area contributed by atoms with E-state index < -0.39 is 5.97 Å². The lowest BCUT2D eigenvalue weighted by Gasteiger charge is -2.26. The maximum absolute atomic E-state index is 12.1. The Morgan fingerprint density at radius 1 is 1.25 bits per heavy atom. The van der Waals surface area contributed by atoms with Gasteiger partial charge in [0.25, 0.3) is 5.91 Å². The van der Waals surface area contributed by atoms with Crippen LogP contribution >= 0.6 is 22.9 Å². The van der Waals surface area contributed by atoms with Gasteiger partial charge in [0.05, 0.1) is 0 Å². The van der Waals surface area contributed by atoms with Gasteiger partial charge in [0, 0.05) is 23.0 Å². The number of carbonyl (C=O) groups excluding carboxylic acids is 2. The SMILES string of the molecule is O=C(COc1cccc(Cl)c1)OCC(=O)N1CCc2sccc2C1. The fraction of sp³-hybridized carbons (Fsp3) is 0.294. The van der Waals surface area contributed by atoms with E-state index in [1.807, 2.05) is 11.4 Å². The number of carbonyl (C=O) groups is 2. The number of hydrogen-bond donors (Lipinski definition) is 0. The van der Waals surface area contributed by atoms with Crippen LogP contribution in [0.15, 0.2) is 35.7 Å². The number of halogens is 1. The van der Waals surface area contributed by atoms with Crippen LogP contribution in [0.25, 0.3) is 0 Å². The number of amides is 1. The van der Waals surface area contributed by atoms with E-state index in [1.165, 1.54) is 10.4 Å². The molecule has 1 aliphatic heterocycles. The molecule has 0 unspecified atom stereocenters. The normalized spacial score (nSPS) is 13.3. The smallest absolute Gasteiger partial charge is 0.344 e. The van der Waals surface area contributed by atoms with E-state index in [9.17, 15) is 9.59 Å². The van der Waals surface area contributed by atoms with E-state index in [0.717, 1.165) is 6.42 Å². The molecule has 0 N–H and O–H groups in total. The Labute approximate surface area is 148 Å². The summed E-state index contributed by atoms with van der Waals surface area (Å²) in [5.74, 6) is -0.300. The van der Waals surface area contributed by atoms with Gasteiger partial charge < -0.3 is 14.4 Å². The van der Waals surface area contributed by atoms with Crippen molar-refractivity contribution in [2.24, 2.45) is 0 Å². The van der Waals surface area contributed by atoms with Crippen molar-refractivity contribution in [2.75, 3.05) is 19.8 Å². The monoisotopic (exact) mass is 365 g/mol. The zero-order valence-electron chi connectivity index (χ0n) is 12.9. The molecule has 1 aromatic heterocycles. The molecule has 0 bridgehead atoms. The second kappa shape index (κ2) is 7.68. The molecule has 24 heavy (non-hydrogen) atoms. The third-order valence-corrected chi connectivity index (χ3v) is 4.93. The van der Waals surface area contributed by atoms with Crippen molar-refractivity contribution in [3.05, 3.63) is 51.2 Å². The Balaban J connectivity index is 1.42. The number of benzene rings is 1. The standard InChI is InChI=1S/C17H16ClNO4S/c18-13-2-1-3-14(8-13)22-11-17(21)23-10-16(20)19-6-4-15-12(9-19)5-7-24-15/h1-3,5,7-8H,4,6,9-11H2. The molecule has 5 nitrogen and oxygen atoms in total. The van der Waals surface area contributed by atoms with E-state index in [1.54, 1.807) is 40.5 Å². The lowest BCUT2D eigenvalue weighted by Crippen LogP contribution is -2.38. The van der Waals surface area contributed by atoms with E-state index in [0.29, 0.717) is 23.9 Å². The average molecular weight is 366 g/mol. The van der Waals surface area contributed by atoms with Crippen molar-refractivity contribution < 1.29 is 19.1 Å². The molecule has 0 spiro atoms. The van der Waals surface area contributed by atoms with E-state index in [2.05, 4.69) is 0 Å². The summed E-state index contributed by atoms with van der Waals surface area (Å²) in [7, 11) is 0. The van der Waals surface area contributed by atoms with Gasteiger partial charge >= 0.3 is 5.97 Å². The molecular formula is C17H16ClNO4S. The molecule has 0 aliphatic carbocycles. The third-order valence-electron chi connectivity index (χ3n) is 3.67. The second-order valence-corrected chi connectivity index (χ2v) is 6.78. The number of nitrogens with zero attached hydrogens (tertiary/aromatic N) is 1. The largest absolute Gasteiger partial charge is 0.482 e. The average Bonchev–Trinajstić information content (AvgIpc) is 3.05. The Hall–Kier alpha value is -2.05. The minimum Gasteiger partial charge on any atom is -0.482 e. The van der Waals surface area contributed by atoms with Gasteiger partial charge in [0.15, 0.2) is 13.2 Å². The van der Waals surface area contributed by atoms with Gasteiger partial charge in [-0.15, -0.1) is 11.3 Å². The summed E-state index contributed by atoms with van der Waals surface area (Å²) >= 11 is 7.54. The van der Waals surface area contributed by atoms with Crippen LogP contribution in [0.1, 0.15) is 10.4 Å². The highest BCUT2D eigenvalue weighted by molar-refractivity contribution is 7.10. The fourth-order valence-corrected chi connectivity index (χ4v) is 3.51. The molecule has 1 aliphatic rings. The molecule has 0 saturated carbocycles. The van der Waals surface area contributed by atoms with Crippen molar-refractivity contribution in [1.29, 1.82) is 0 Å². The van der Waals surface area contributed by atoms with E-state index in [4.69, 9.17) is 21.1 Å². The van der Waals surface area contributed by atoms with Crippen LogP contribution in [0.2, 0.25) is 5.02 Å². The molecule has 126 valence electrons. The van der Waals surface area contributed by atoms with E-state index >= 15 is 0 Å². The minimum atomic E-state index is -0.587. The molecule has 0 fully saturated rings. The van der Waals surface area contributed by atoms with Gasteiger partial charge in [0.1, 0.15) is 5.75 Å². The van der Waals surface area contributed by atoms with Crippen LogP contribution in [0.3, 0.4) is 0 Å². The van der Waals surface area contributed by atoms with Gasteiger partial charge in [-0.05, 0) is 41.6 Å². The first-order valence-electron chi connectivity index (χ1n) is 7.49. The minimum absolute atomic E-state index is 0.192. The van der Waals surface area contributed by atoms with Crippen LogP contribution < -0.4 is 4.74 Å². The van der Waals surface area contributed by atoms with Crippen LogP contribution in [0.4, 0.5) is 0 Å². The van der Waals surface area contributed by atoms with Gasteiger partial charge in [-0.25, -0.2) is 4.79 Å². The maximum Gasteiger partial charge on any atom is 0.344 e. The quantitative estimate of drug-likeness (QED) is 0.764. The second-order valence-electron chi connectivity index (χ2n) is 5.34. The van der Waals surface area contributed by atoms with Crippen molar-refractivity contribution in [1.82, 2.24) is 4.90 Å².